The van der Waals surface area contributed by atoms with Gasteiger partial charge in [-0.3, -0.25) is 14.2 Å². The van der Waals surface area contributed by atoms with Gasteiger partial charge in [0.2, 0.25) is 0 Å². The van der Waals surface area contributed by atoms with Gasteiger partial charge in [-0.2, -0.15) is 0 Å². The first-order valence-electron chi connectivity index (χ1n) is 8.43. The Morgan fingerprint density at radius 2 is 2.32 bits per heavy atom. The number of allylic oxidation sites excluding steroid dienone is 1. The lowest BCUT2D eigenvalue weighted by atomic mass is 9.91. The normalized spacial score (nSPS) is 27.5. The molecular weight excluding hydrogens is 336 g/mol. The topological polar surface area (TPSA) is 72.2 Å². The Morgan fingerprint density at radius 1 is 1.44 bits per heavy atom. The summed E-state index contributed by atoms with van der Waals surface area (Å²) in [6, 6.07) is 3.78. The molecule has 3 aliphatic rings. The number of aliphatic carboxylic acids is 1. The van der Waals surface area contributed by atoms with Crippen LogP contribution in [0.1, 0.15) is 47.3 Å². The number of thiophene rings is 1. The molecule has 1 fully saturated rings. The highest BCUT2D eigenvalue weighted by Crippen LogP contribution is 2.59. The fraction of sp³-hybridized carbons (Fsp3) is 0.316. The maximum Gasteiger partial charge on any atom is 0.315 e. The number of carboxylic acid groups (broad SMARTS) is 1. The van der Waals surface area contributed by atoms with Crippen LogP contribution in [0.5, 0.6) is 0 Å². The van der Waals surface area contributed by atoms with Crippen molar-refractivity contribution in [2.75, 3.05) is 0 Å². The van der Waals surface area contributed by atoms with Gasteiger partial charge in [-0.15, -0.1) is 11.3 Å². The molecule has 0 radical (unpaired) electrons. The quantitative estimate of drug-likeness (QED) is 0.901. The molecule has 2 aromatic rings. The molecule has 25 heavy (non-hydrogen) atoms. The average Bonchev–Trinajstić information content (AvgIpc) is 3.16. The first-order valence-corrected chi connectivity index (χ1v) is 9.30. The first kappa shape index (κ1) is 14.8. The number of fused-ring (bicyclic) bond motifs is 4. The lowest BCUT2D eigenvalue weighted by Gasteiger charge is -2.23. The van der Waals surface area contributed by atoms with Gasteiger partial charge < -0.3 is 5.11 Å². The summed E-state index contributed by atoms with van der Waals surface area (Å²) >= 11 is 1.67. The Bertz CT molecular complexity index is 1020. The van der Waals surface area contributed by atoms with E-state index in [4.69, 9.17) is 4.98 Å². The minimum absolute atomic E-state index is 0.0609. The Balaban J connectivity index is 1.67. The molecular formula is C19H16N2O3S. The van der Waals surface area contributed by atoms with E-state index in [9.17, 15) is 14.7 Å². The van der Waals surface area contributed by atoms with Gasteiger partial charge in [0.25, 0.3) is 5.56 Å². The molecule has 2 unspecified atom stereocenters. The van der Waals surface area contributed by atoms with Crippen molar-refractivity contribution in [3.63, 3.8) is 0 Å². The van der Waals surface area contributed by atoms with Crippen LogP contribution in [0.25, 0.3) is 17.7 Å². The second-order valence-electron chi connectivity index (χ2n) is 6.91. The van der Waals surface area contributed by atoms with E-state index < -0.39 is 11.4 Å². The van der Waals surface area contributed by atoms with Crippen LogP contribution in [-0.4, -0.2) is 20.6 Å². The Hall–Kier alpha value is -2.47. The SMILES string of the molecule is O=C(O)C12C=Cc3nc4c(c(=O)n3C1C2)CCCC4=Cc1cccs1. The minimum Gasteiger partial charge on any atom is -0.481 e. The van der Waals surface area contributed by atoms with Crippen molar-refractivity contribution in [1.82, 2.24) is 9.55 Å². The molecule has 2 atom stereocenters. The molecule has 0 bridgehead atoms. The predicted octanol–water partition coefficient (Wildman–Crippen LogP) is 3.22. The molecule has 2 aliphatic carbocycles. The number of carbonyl (C=O) groups is 1. The Morgan fingerprint density at radius 3 is 3.08 bits per heavy atom. The largest absolute Gasteiger partial charge is 0.481 e. The van der Waals surface area contributed by atoms with E-state index in [1.807, 2.05) is 11.4 Å². The second kappa shape index (κ2) is 5.02. The Labute approximate surface area is 148 Å². The molecule has 1 N–H and O–H groups in total. The zero-order valence-corrected chi connectivity index (χ0v) is 14.3. The molecule has 0 aromatic carbocycles. The number of aromatic nitrogens is 2. The number of nitrogens with zero attached hydrogens (tertiary/aromatic N) is 2. The van der Waals surface area contributed by atoms with Crippen LogP contribution < -0.4 is 5.56 Å². The van der Waals surface area contributed by atoms with Crippen LogP contribution in [0.15, 0.2) is 28.4 Å². The van der Waals surface area contributed by atoms with Gasteiger partial charge >= 0.3 is 5.97 Å². The summed E-state index contributed by atoms with van der Waals surface area (Å²) in [6.45, 7) is 0. The molecule has 0 spiro atoms. The molecule has 0 amide bonds. The third kappa shape index (κ3) is 2.03. The van der Waals surface area contributed by atoms with Crippen LogP contribution in [-0.2, 0) is 11.2 Å². The minimum atomic E-state index is -0.906. The number of rotatable bonds is 2. The van der Waals surface area contributed by atoms with Crippen molar-refractivity contribution in [2.24, 2.45) is 5.41 Å². The second-order valence-corrected chi connectivity index (χ2v) is 7.89. The van der Waals surface area contributed by atoms with Crippen molar-refractivity contribution < 1.29 is 9.90 Å². The van der Waals surface area contributed by atoms with E-state index in [-0.39, 0.29) is 11.6 Å². The highest BCUT2D eigenvalue weighted by Gasteiger charge is 2.62. The lowest BCUT2D eigenvalue weighted by molar-refractivity contribution is -0.141. The first-order chi connectivity index (χ1) is 12.1. The third-order valence-corrected chi connectivity index (χ3v) is 6.30. The van der Waals surface area contributed by atoms with E-state index in [1.54, 1.807) is 28.1 Å². The van der Waals surface area contributed by atoms with Gasteiger partial charge in [0, 0.05) is 10.4 Å². The van der Waals surface area contributed by atoms with Crippen LogP contribution in [0.3, 0.4) is 0 Å². The van der Waals surface area contributed by atoms with Crippen LogP contribution in [0, 0.1) is 5.41 Å². The highest BCUT2D eigenvalue weighted by atomic mass is 32.1. The van der Waals surface area contributed by atoms with Gasteiger partial charge in [0.15, 0.2) is 0 Å². The summed E-state index contributed by atoms with van der Waals surface area (Å²) in [6.07, 6.45) is 8.55. The average molecular weight is 352 g/mol. The summed E-state index contributed by atoms with van der Waals surface area (Å²) in [5.74, 6) is -0.274. The Kier molecular flexibility index (Phi) is 2.98. The van der Waals surface area contributed by atoms with Crippen molar-refractivity contribution >= 4 is 35.0 Å². The van der Waals surface area contributed by atoms with E-state index in [0.717, 1.165) is 34.5 Å². The van der Waals surface area contributed by atoms with E-state index in [0.29, 0.717) is 18.7 Å². The molecule has 1 aliphatic heterocycles. The van der Waals surface area contributed by atoms with Gasteiger partial charge in [-0.1, -0.05) is 12.1 Å². The zero-order chi connectivity index (χ0) is 17.2. The maximum atomic E-state index is 13.1. The molecule has 3 heterocycles. The standard InChI is InChI=1S/C19H16N2O3S/c22-17-13-5-1-3-11(9-12-4-2-8-25-12)16(13)20-15-6-7-19(18(23)24)10-14(19)21(15)17/h2,4,6-9,14H,1,3,5,10H2,(H,23,24). The number of hydrogen-bond donors (Lipinski definition) is 1. The maximum absolute atomic E-state index is 13.1. The van der Waals surface area contributed by atoms with Crippen LogP contribution >= 0.6 is 11.3 Å². The molecule has 2 aromatic heterocycles. The fourth-order valence-electron chi connectivity index (χ4n) is 4.04. The molecule has 0 saturated heterocycles. The highest BCUT2D eigenvalue weighted by molar-refractivity contribution is 7.10. The molecule has 1 saturated carbocycles. The molecule has 6 heteroatoms. The van der Waals surface area contributed by atoms with Gasteiger partial charge in [-0.25, -0.2) is 4.98 Å². The monoisotopic (exact) mass is 352 g/mol. The lowest BCUT2D eigenvalue weighted by Crippen LogP contribution is -2.33. The summed E-state index contributed by atoms with van der Waals surface area (Å²) in [7, 11) is 0. The summed E-state index contributed by atoms with van der Waals surface area (Å²) in [4.78, 5) is 30.6. The van der Waals surface area contributed by atoms with E-state index in [2.05, 4.69) is 12.1 Å². The van der Waals surface area contributed by atoms with Gasteiger partial charge in [0.05, 0.1) is 11.7 Å². The number of carboxylic acids is 1. The fourth-order valence-corrected chi connectivity index (χ4v) is 4.72. The zero-order valence-electron chi connectivity index (χ0n) is 13.4. The van der Waals surface area contributed by atoms with Crippen molar-refractivity contribution in [3.05, 3.63) is 55.9 Å². The number of hydrogen-bond acceptors (Lipinski definition) is 4. The van der Waals surface area contributed by atoms with Crippen molar-refractivity contribution in [2.45, 2.75) is 31.7 Å². The molecule has 126 valence electrons. The van der Waals surface area contributed by atoms with Gasteiger partial charge in [0.1, 0.15) is 11.2 Å². The van der Waals surface area contributed by atoms with Crippen molar-refractivity contribution in [1.29, 1.82) is 0 Å². The van der Waals surface area contributed by atoms with Crippen molar-refractivity contribution in [3.8, 4) is 0 Å². The van der Waals surface area contributed by atoms with E-state index >= 15 is 0 Å². The smallest absolute Gasteiger partial charge is 0.315 e. The van der Waals surface area contributed by atoms with E-state index in [1.165, 1.54) is 0 Å². The predicted molar refractivity (Wildman–Crippen MR) is 96.4 cm³/mol. The third-order valence-electron chi connectivity index (χ3n) is 5.48. The molecule has 5 rings (SSSR count). The van der Waals surface area contributed by atoms with Crippen LogP contribution in [0.2, 0.25) is 0 Å². The van der Waals surface area contributed by atoms with Gasteiger partial charge in [-0.05, 0) is 54.9 Å². The summed E-state index contributed by atoms with van der Waals surface area (Å²) < 4.78 is 1.61. The summed E-state index contributed by atoms with van der Waals surface area (Å²) in [5.41, 5.74) is 1.66. The van der Waals surface area contributed by atoms with Crippen LogP contribution in [0.4, 0.5) is 0 Å². The molecule has 5 nitrogen and oxygen atoms in total. The summed E-state index contributed by atoms with van der Waals surface area (Å²) in [5, 5.41) is 11.5.